The van der Waals surface area contributed by atoms with Crippen molar-refractivity contribution in [2.45, 2.75) is 17.9 Å². The number of nitrogens with two attached hydrogens (primary N) is 1. The number of rotatable bonds is 6. The van der Waals surface area contributed by atoms with E-state index in [2.05, 4.69) is 14.9 Å². The lowest BCUT2D eigenvalue weighted by atomic mass is 10.2. The highest BCUT2D eigenvalue weighted by Crippen LogP contribution is 2.26. The fourth-order valence-electron chi connectivity index (χ4n) is 2.31. The Balaban J connectivity index is 1.95. The predicted molar refractivity (Wildman–Crippen MR) is 91.7 cm³/mol. The Morgan fingerprint density at radius 2 is 2.00 bits per heavy atom. The van der Waals surface area contributed by atoms with Crippen molar-refractivity contribution in [2.75, 3.05) is 10.5 Å². The van der Waals surface area contributed by atoms with Crippen LogP contribution in [0.15, 0.2) is 47.8 Å². The quantitative estimate of drug-likeness (QED) is 0.654. The molecule has 3 rings (SSSR count). The Bertz CT molecular complexity index is 1120. The van der Waals surface area contributed by atoms with Crippen LogP contribution in [-0.2, 0) is 16.6 Å². The van der Waals surface area contributed by atoms with Gasteiger partial charge < -0.3 is 5.73 Å². The summed E-state index contributed by atoms with van der Waals surface area (Å²) in [5.74, 6) is 0.0499. The van der Waals surface area contributed by atoms with E-state index >= 15 is 0 Å². The Kier molecular flexibility index (Phi) is 4.78. The molecule has 0 amide bonds. The van der Waals surface area contributed by atoms with Crippen molar-refractivity contribution in [3.63, 3.8) is 0 Å². The molecule has 1 aromatic carbocycles. The smallest absolute Gasteiger partial charge is 0.265 e. The van der Waals surface area contributed by atoms with Gasteiger partial charge in [-0.1, -0.05) is 12.1 Å². The number of halogens is 2. The topological polar surface area (TPSA) is 132 Å². The van der Waals surface area contributed by atoms with E-state index < -0.39 is 23.0 Å². The highest BCUT2D eigenvalue weighted by molar-refractivity contribution is 7.92. The van der Waals surface area contributed by atoms with Crippen LogP contribution in [0.5, 0.6) is 0 Å². The second-order valence-electron chi connectivity index (χ2n) is 5.38. The number of hydrogen-bond donors (Lipinski definition) is 2. The van der Waals surface area contributed by atoms with Gasteiger partial charge in [0.05, 0.1) is 23.8 Å². The highest BCUT2D eigenvalue weighted by atomic mass is 32.2. The molecule has 0 saturated heterocycles. The summed E-state index contributed by atoms with van der Waals surface area (Å²) in [6.45, 7) is -0.715. The van der Waals surface area contributed by atoms with Crippen LogP contribution in [-0.4, -0.2) is 34.4 Å². The molecule has 27 heavy (non-hydrogen) atoms. The van der Waals surface area contributed by atoms with Crippen molar-refractivity contribution in [1.82, 2.24) is 19.6 Å². The lowest BCUT2D eigenvalue weighted by Gasteiger charge is -2.12. The number of sulfonamides is 1. The van der Waals surface area contributed by atoms with Crippen LogP contribution in [0.1, 0.15) is 5.56 Å². The Morgan fingerprint density at radius 3 is 2.67 bits per heavy atom. The number of aromatic nitrogens is 4. The number of nitrogens with zero attached hydrogens (tertiary/aromatic N) is 5. The van der Waals surface area contributed by atoms with E-state index in [-0.39, 0.29) is 22.0 Å². The average molecular weight is 393 g/mol. The number of anilines is 2. The molecule has 2 heterocycles. The van der Waals surface area contributed by atoms with Gasteiger partial charge >= 0.3 is 0 Å². The first-order valence-corrected chi connectivity index (χ1v) is 8.96. The molecule has 0 fully saturated rings. The lowest BCUT2D eigenvalue weighted by molar-refractivity contribution is 0.121. The van der Waals surface area contributed by atoms with E-state index in [1.807, 2.05) is 6.07 Å². The van der Waals surface area contributed by atoms with Crippen molar-refractivity contribution in [2.24, 2.45) is 0 Å². The Hall–Kier alpha value is -3.46. The minimum Gasteiger partial charge on any atom is -0.382 e. The minimum absolute atomic E-state index is 0.0499. The van der Waals surface area contributed by atoms with E-state index in [1.165, 1.54) is 16.9 Å². The van der Waals surface area contributed by atoms with Gasteiger partial charge in [-0.25, -0.2) is 21.9 Å². The molecule has 0 aliphatic heterocycles. The fourth-order valence-corrected chi connectivity index (χ4v) is 3.34. The first kappa shape index (κ1) is 18.3. The molecule has 12 heteroatoms. The fraction of sp³-hybridized carbons (Fsp3) is 0.133. The van der Waals surface area contributed by atoms with Crippen LogP contribution in [0.25, 0.3) is 5.69 Å². The van der Waals surface area contributed by atoms with Crippen molar-refractivity contribution in [3.8, 4) is 11.8 Å². The maximum absolute atomic E-state index is 12.6. The van der Waals surface area contributed by atoms with Crippen molar-refractivity contribution < 1.29 is 17.2 Å². The molecule has 0 spiro atoms. The number of hydrogen-bond acceptors (Lipinski definition) is 6. The van der Waals surface area contributed by atoms with Crippen LogP contribution >= 0.6 is 0 Å². The molecular weight excluding hydrogens is 380 g/mol. The number of nitrogen functional groups attached to an aromatic ring is 1. The molecule has 0 atom stereocenters. The summed E-state index contributed by atoms with van der Waals surface area (Å²) in [4.78, 5) is -0.274. The third kappa shape index (κ3) is 3.72. The van der Waals surface area contributed by atoms with Crippen LogP contribution in [0.4, 0.5) is 20.3 Å². The maximum atomic E-state index is 12.6. The summed E-state index contributed by atoms with van der Waals surface area (Å²) in [6.07, 6.45) is 0.581. The third-order valence-corrected chi connectivity index (χ3v) is 4.87. The molecule has 3 aromatic rings. The highest BCUT2D eigenvalue weighted by Gasteiger charge is 2.20. The third-order valence-electron chi connectivity index (χ3n) is 3.55. The van der Waals surface area contributed by atoms with E-state index in [9.17, 15) is 17.2 Å². The number of alkyl halides is 2. The SMILES string of the molecule is N#Cc1cnn(-c2ccccc2NS(=O)(=O)c2cnn(CC(F)F)c2)c1N. The molecule has 0 aliphatic carbocycles. The molecule has 2 aromatic heterocycles. The molecule has 0 radical (unpaired) electrons. The zero-order valence-corrected chi connectivity index (χ0v) is 14.4. The van der Waals surface area contributed by atoms with Gasteiger partial charge in [-0.15, -0.1) is 0 Å². The first-order valence-electron chi connectivity index (χ1n) is 7.48. The van der Waals surface area contributed by atoms with E-state index in [0.717, 1.165) is 17.1 Å². The zero-order valence-electron chi connectivity index (χ0n) is 13.6. The van der Waals surface area contributed by atoms with Gasteiger partial charge in [0, 0.05) is 6.20 Å². The Labute approximate surface area is 152 Å². The molecule has 0 bridgehead atoms. The maximum Gasteiger partial charge on any atom is 0.265 e. The summed E-state index contributed by atoms with van der Waals surface area (Å²) in [6, 6.07) is 8.14. The molecule has 0 saturated carbocycles. The van der Waals surface area contributed by atoms with Gasteiger partial charge in [0.15, 0.2) is 0 Å². The van der Waals surface area contributed by atoms with E-state index in [4.69, 9.17) is 11.0 Å². The van der Waals surface area contributed by atoms with Gasteiger partial charge in [-0.2, -0.15) is 15.5 Å². The molecule has 3 N–H and O–H groups in total. The molecule has 9 nitrogen and oxygen atoms in total. The Morgan fingerprint density at radius 1 is 1.26 bits per heavy atom. The molecule has 0 aliphatic rings. The van der Waals surface area contributed by atoms with E-state index in [0.29, 0.717) is 5.69 Å². The average Bonchev–Trinajstić information content (AvgIpc) is 3.21. The summed E-state index contributed by atoms with van der Waals surface area (Å²) in [5.41, 5.74) is 6.42. The number of nitrogens with one attached hydrogen (secondary N) is 1. The van der Waals surface area contributed by atoms with Gasteiger partial charge in [-0.3, -0.25) is 9.40 Å². The van der Waals surface area contributed by atoms with Crippen molar-refractivity contribution in [3.05, 3.63) is 48.4 Å². The number of nitriles is 1. The summed E-state index contributed by atoms with van der Waals surface area (Å²) < 4.78 is 54.4. The first-order chi connectivity index (χ1) is 12.8. The second-order valence-corrected chi connectivity index (χ2v) is 7.06. The van der Waals surface area contributed by atoms with Crippen LogP contribution < -0.4 is 10.5 Å². The van der Waals surface area contributed by atoms with Gasteiger partial charge in [-0.05, 0) is 12.1 Å². The lowest BCUT2D eigenvalue weighted by Crippen LogP contribution is -2.15. The molecule has 0 unspecified atom stereocenters. The van der Waals surface area contributed by atoms with Crippen molar-refractivity contribution >= 4 is 21.5 Å². The monoisotopic (exact) mass is 393 g/mol. The minimum atomic E-state index is -4.10. The van der Waals surface area contributed by atoms with Crippen LogP contribution in [0.3, 0.4) is 0 Å². The number of para-hydroxylation sites is 2. The second kappa shape index (κ2) is 7.04. The van der Waals surface area contributed by atoms with Gasteiger partial charge in [0.2, 0.25) is 0 Å². The summed E-state index contributed by atoms with van der Waals surface area (Å²) in [5, 5.41) is 16.6. The van der Waals surface area contributed by atoms with Gasteiger partial charge in [0.25, 0.3) is 16.4 Å². The van der Waals surface area contributed by atoms with Crippen molar-refractivity contribution in [1.29, 1.82) is 5.26 Å². The summed E-state index contributed by atoms with van der Waals surface area (Å²) >= 11 is 0. The zero-order chi connectivity index (χ0) is 19.6. The van der Waals surface area contributed by atoms with E-state index in [1.54, 1.807) is 18.2 Å². The predicted octanol–water partition coefficient (Wildman–Crippen LogP) is 1.59. The normalized spacial score (nSPS) is 11.5. The van der Waals surface area contributed by atoms with Crippen LogP contribution in [0.2, 0.25) is 0 Å². The largest absolute Gasteiger partial charge is 0.382 e. The van der Waals surface area contributed by atoms with Crippen LogP contribution in [0, 0.1) is 11.3 Å². The number of benzene rings is 1. The molecule has 140 valence electrons. The summed E-state index contributed by atoms with van der Waals surface area (Å²) in [7, 11) is -4.10. The standard InChI is InChI=1S/C15H13F2N7O2S/c16-14(17)9-23-8-11(7-20-23)27(25,26)22-12-3-1-2-4-13(12)24-15(19)10(5-18)6-21-24/h1-4,6-8,14,22H,9,19H2. The molecular formula is C15H13F2N7O2S. The van der Waals surface area contributed by atoms with Gasteiger partial charge in [0.1, 0.15) is 28.9 Å².